The summed E-state index contributed by atoms with van der Waals surface area (Å²) in [6, 6.07) is 14.2. The first-order valence-corrected chi connectivity index (χ1v) is 10.3. The van der Waals surface area contributed by atoms with Crippen LogP contribution in [0.2, 0.25) is 0 Å². The summed E-state index contributed by atoms with van der Waals surface area (Å²) in [5, 5.41) is 10.0. The van der Waals surface area contributed by atoms with E-state index < -0.39 is 12.1 Å². The standard InChI is InChI=1S/C22H22N4O.C2HF3O2/c1-26(2)21-6-4-3-5-15(21)7-8-17-13-16(9-11-23-17)20-14-18-19(25-20)10-12-24-22(18)27;3-2(4,5)1(6)7/h3-9,11,13-14,25H,10,12H2,1-2H3,(H,24,27);(H,6,7)/b8-7+;. The first-order chi connectivity index (χ1) is 16.1. The van der Waals surface area contributed by atoms with E-state index in [0.29, 0.717) is 6.54 Å². The second-order valence-electron chi connectivity index (χ2n) is 7.64. The number of alkyl halides is 3. The predicted octanol–water partition coefficient (Wildman–Crippen LogP) is 4.23. The number of aliphatic carboxylic acids is 1. The highest BCUT2D eigenvalue weighted by Gasteiger charge is 2.38. The SMILES string of the molecule is CN(C)c1ccccc1/C=C/c1cc(-c2cc3c([nH]2)CCNC3=O)ccn1.O=C(O)C(F)(F)F. The summed E-state index contributed by atoms with van der Waals surface area (Å²) in [5.41, 5.74) is 6.89. The zero-order chi connectivity index (χ0) is 24.9. The third kappa shape index (κ3) is 6.03. The maximum Gasteiger partial charge on any atom is 0.490 e. The Labute approximate surface area is 193 Å². The average molecular weight is 472 g/mol. The van der Waals surface area contributed by atoms with Gasteiger partial charge in [-0.15, -0.1) is 0 Å². The number of carbonyl (C=O) groups excluding carboxylic acids is 1. The van der Waals surface area contributed by atoms with Gasteiger partial charge in [-0.3, -0.25) is 9.78 Å². The molecular weight excluding hydrogens is 449 g/mol. The number of rotatable bonds is 4. The van der Waals surface area contributed by atoms with Crippen LogP contribution in [0, 0.1) is 0 Å². The molecule has 0 radical (unpaired) electrons. The van der Waals surface area contributed by atoms with Crippen molar-refractivity contribution in [2.45, 2.75) is 12.6 Å². The molecule has 0 aliphatic carbocycles. The molecule has 1 aliphatic heterocycles. The summed E-state index contributed by atoms with van der Waals surface area (Å²) >= 11 is 0. The summed E-state index contributed by atoms with van der Waals surface area (Å²) in [5.74, 6) is -2.76. The first-order valence-electron chi connectivity index (χ1n) is 10.3. The number of H-pyrrole nitrogens is 1. The Hall–Kier alpha value is -4.08. The van der Waals surface area contributed by atoms with E-state index in [9.17, 15) is 18.0 Å². The fraction of sp³-hybridized carbons (Fsp3) is 0.208. The van der Waals surface area contributed by atoms with Crippen molar-refractivity contribution in [1.82, 2.24) is 15.3 Å². The Bertz CT molecular complexity index is 1220. The Kier molecular flexibility index (Phi) is 7.40. The van der Waals surface area contributed by atoms with Gasteiger partial charge in [-0.25, -0.2) is 4.79 Å². The van der Waals surface area contributed by atoms with E-state index in [2.05, 4.69) is 38.4 Å². The largest absolute Gasteiger partial charge is 0.490 e. The number of carboxylic acid groups (broad SMARTS) is 1. The lowest BCUT2D eigenvalue weighted by molar-refractivity contribution is -0.192. The Balaban J connectivity index is 0.000000406. The zero-order valence-electron chi connectivity index (χ0n) is 18.5. The van der Waals surface area contributed by atoms with Gasteiger partial charge in [0.25, 0.3) is 5.91 Å². The molecule has 3 N–H and O–H groups in total. The van der Waals surface area contributed by atoms with Gasteiger partial charge in [0.1, 0.15) is 0 Å². The minimum atomic E-state index is -5.08. The summed E-state index contributed by atoms with van der Waals surface area (Å²) in [4.78, 5) is 30.8. The fourth-order valence-electron chi connectivity index (χ4n) is 3.37. The van der Waals surface area contributed by atoms with Crippen molar-refractivity contribution in [1.29, 1.82) is 0 Å². The minimum Gasteiger partial charge on any atom is -0.475 e. The lowest BCUT2D eigenvalue weighted by atomic mass is 10.1. The lowest BCUT2D eigenvalue weighted by Crippen LogP contribution is -2.31. The maximum absolute atomic E-state index is 12.0. The number of aromatic nitrogens is 2. The molecule has 1 aromatic carbocycles. The van der Waals surface area contributed by atoms with Gasteiger partial charge in [0.05, 0.1) is 11.3 Å². The van der Waals surface area contributed by atoms with Crippen molar-refractivity contribution in [3.63, 3.8) is 0 Å². The summed E-state index contributed by atoms with van der Waals surface area (Å²) in [7, 11) is 4.07. The van der Waals surface area contributed by atoms with E-state index in [-0.39, 0.29) is 5.91 Å². The van der Waals surface area contributed by atoms with Crippen molar-refractivity contribution < 1.29 is 27.9 Å². The van der Waals surface area contributed by atoms with Crippen LogP contribution >= 0.6 is 0 Å². The van der Waals surface area contributed by atoms with Crippen LogP contribution in [0.15, 0.2) is 48.7 Å². The number of carboxylic acids is 1. The average Bonchev–Trinajstić information content (AvgIpc) is 3.24. The van der Waals surface area contributed by atoms with Crippen LogP contribution < -0.4 is 10.2 Å². The second kappa shape index (κ2) is 10.2. The number of amides is 1. The van der Waals surface area contributed by atoms with E-state index in [1.807, 2.05) is 50.5 Å². The minimum absolute atomic E-state index is 0.00628. The number of halogens is 3. The highest BCUT2D eigenvalue weighted by atomic mass is 19.4. The monoisotopic (exact) mass is 472 g/mol. The summed E-state index contributed by atoms with van der Waals surface area (Å²) < 4.78 is 31.7. The van der Waals surface area contributed by atoms with E-state index in [0.717, 1.165) is 45.9 Å². The van der Waals surface area contributed by atoms with Crippen LogP contribution in [0.4, 0.5) is 18.9 Å². The molecule has 2 aromatic heterocycles. The van der Waals surface area contributed by atoms with Crippen LogP contribution in [-0.4, -0.2) is 53.8 Å². The number of para-hydroxylation sites is 1. The normalized spacial score (nSPS) is 13.0. The molecule has 7 nitrogen and oxygen atoms in total. The highest BCUT2D eigenvalue weighted by Crippen LogP contribution is 2.25. The number of benzene rings is 1. The van der Waals surface area contributed by atoms with Gasteiger partial charge in [-0.2, -0.15) is 13.2 Å². The van der Waals surface area contributed by atoms with Gasteiger partial charge < -0.3 is 20.3 Å². The molecule has 0 fully saturated rings. The number of aromatic amines is 1. The van der Waals surface area contributed by atoms with Crippen molar-refractivity contribution in [3.05, 3.63) is 71.2 Å². The molecule has 3 heterocycles. The molecule has 1 aliphatic rings. The molecule has 178 valence electrons. The molecule has 34 heavy (non-hydrogen) atoms. The smallest absolute Gasteiger partial charge is 0.475 e. The van der Waals surface area contributed by atoms with Crippen molar-refractivity contribution >= 4 is 29.7 Å². The molecular formula is C24H23F3N4O3. The number of hydrogen-bond acceptors (Lipinski definition) is 4. The van der Waals surface area contributed by atoms with E-state index in [1.54, 1.807) is 6.20 Å². The topological polar surface area (TPSA) is 98.3 Å². The van der Waals surface area contributed by atoms with Gasteiger partial charge in [0.15, 0.2) is 0 Å². The number of carbonyl (C=O) groups is 2. The lowest BCUT2D eigenvalue weighted by Gasteiger charge is -2.15. The number of anilines is 1. The van der Waals surface area contributed by atoms with Crippen LogP contribution in [0.5, 0.6) is 0 Å². The molecule has 0 unspecified atom stereocenters. The zero-order valence-corrected chi connectivity index (χ0v) is 18.5. The quantitative estimate of drug-likeness (QED) is 0.528. The molecule has 3 aromatic rings. The maximum atomic E-state index is 12.0. The van der Waals surface area contributed by atoms with Crippen molar-refractivity contribution in [3.8, 4) is 11.3 Å². The Morgan fingerprint density at radius 3 is 2.50 bits per heavy atom. The van der Waals surface area contributed by atoms with E-state index >= 15 is 0 Å². The number of pyridine rings is 1. The number of fused-ring (bicyclic) bond motifs is 1. The number of nitrogens with one attached hydrogen (secondary N) is 2. The van der Waals surface area contributed by atoms with Gasteiger partial charge in [-0.05, 0) is 35.9 Å². The van der Waals surface area contributed by atoms with Crippen LogP contribution in [0.25, 0.3) is 23.4 Å². The Morgan fingerprint density at radius 2 is 1.85 bits per heavy atom. The molecule has 0 atom stereocenters. The number of nitrogens with zero attached hydrogens (tertiary/aromatic N) is 2. The number of hydrogen-bond donors (Lipinski definition) is 3. The molecule has 1 amide bonds. The van der Waals surface area contributed by atoms with Gasteiger partial charge in [0.2, 0.25) is 0 Å². The fourth-order valence-corrected chi connectivity index (χ4v) is 3.37. The van der Waals surface area contributed by atoms with Crippen LogP contribution in [0.1, 0.15) is 27.3 Å². The third-order valence-corrected chi connectivity index (χ3v) is 4.99. The van der Waals surface area contributed by atoms with Crippen molar-refractivity contribution in [2.75, 3.05) is 25.5 Å². The Morgan fingerprint density at radius 1 is 1.15 bits per heavy atom. The molecule has 0 saturated carbocycles. The summed E-state index contributed by atoms with van der Waals surface area (Å²) in [6.07, 6.45) is 1.64. The van der Waals surface area contributed by atoms with E-state index in [4.69, 9.17) is 9.90 Å². The van der Waals surface area contributed by atoms with Gasteiger partial charge in [-0.1, -0.05) is 24.3 Å². The van der Waals surface area contributed by atoms with Gasteiger partial charge >= 0.3 is 12.1 Å². The highest BCUT2D eigenvalue weighted by molar-refractivity contribution is 5.97. The third-order valence-electron chi connectivity index (χ3n) is 4.99. The van der Waals surface area contributed by atoms with Crippen molar-refractivity contribution in [2.24, 2.45) is 0 Å². The first kappa shape index (κ1) is 24.6. The predicted molar refractivity (Wildman–Crippen MR) is 123 cm³/mol. The second-order valence-corrected chi connectivity index (χ2v) is 7.64. The molecule has 0 bridgehead atoms. The van der Waals surface area contributed by atoms with Crippen LogP contribution in [0.3, 0.4) is 0 Å². The molecule has 10 heteroatoms. The van der Waals surface area contributed by atoms with E-state index in [1.165, 1.54) is 0 Å². The molecule has 0 saturated heterocycles. The summed E-state index contributed by atoms with van der Waals surface area (Å²) in [6.45, 7) is 0.682. The molecule has 0 spiro atoms. The van der Waals surface area contributed by atoms with Gasteiger partial charge in [0, 0.05) is 55.9 Å². The van der Waals surface area contributed by atoms with Crippen LogP contribution in [-0.2, 0) is 11.2 Å². The molecule has 4 rings (SSSR count).